The summed E-state index contributed by atoms with van der Waals surface area (Å²) in [4.78, 5) is 53.8. The Morgan fingerprint density at radius 2 is 1.82 bits per heavy atom. The van der Waals surface area contributed by atoms with Crippen LogP contribution in [0, 0.1) is 29.6 Å². The van der Waals surface area contributed by atoms with Crippen molar-refractivity contribution in [2.75, 3.05) is 13.7 Å². The van der Waals surface area contributed by atoms with Crippen LogP contribution < -0.4 is 4.74 Å². The van der Waals surface area contributed by atoms with Crippen molar-refractivity contribution >= 4 is 39.0 Å². The summed E-state index contributed by atoms with van der Waals surface area (Å²) in [5.41, 5.74) is 0.764. The molecule has 7 rings (SSSR count). The van der Waals surface area contributed by atoms with Crippen LogP contribution in [0.5, 0.6) is 5.75 Å². The van der Waals surface area contributed by atoms with Crippen molar-refractivity contribution in [3.8, 4) is 5.75 Å². The van der Waals surface area contributed by atoms with E-state index in [9.17, 15) is 19.2 Å². The molecule has 3 fully saturated rings. The number of methoxy groups -OCH3 is 1. The molecule has 0 N–H and O–H groups in total. The van der Waals surface area contributed by atoms with Crippen LogP contribution in [-0.2, 0) is 39.1 Å². The van der Waals surface area contributed by atoms with Gasteiger partial charge in [-0.25, -0.2) is 4.79 Å². The summed E-state index contributed by atoms with van der Waals surface area (Å²) in [7, 11) is 0.392. The summed E-state index contributed by atoms with van der Waals surface area (Å²) in [5.74, 6) is -2.71. The highest BCUT2D eigenvalue weighted by Crippen LogP contribution is 2.59. The van der Waals surface area contributed by atoms with Gasteiger partial charge in [-0.3, -0.25) is 14.4 Å². The highest BCUT2D eigenvalue weighted by Gasteiger charge is 2.70. The topological polar surface area (TPSA) is 105 Å². The number of carbonyl (C=O) groups excluding carboxylic acids is 4. The molecule has 0 amide bonds. The van der Waals surface area contributed by atoms with E-state index in [0.29, 0.717) is 12.2 Å². The average molecular weight is 560 g/mol. The first-order valence-electron chi connectivity index (χ1n) is 13.3. The summed E-state index contributed by atoms with van der Waals surface area (Å²) in [6.45, 7) is -0.320. The van der Waals surface area contributed by atoms with E-state index in [1.54, 1.807) is 0 Å². The second-order valence-corrected chi connectivity index (χ2v) is 12.8. The minimum absolute atomic E-state index is 0.125. The molecule has 8 nitrogen and oxygen atoms in total. The summed E-state index contributed by atoms with van der Waals surface area (Å²) >= 11 is 0. The lowest BCUT2D eigenvalue weighted by Gasteiger charge is -2.29. The number of ether oxygens (including phenoxy) is 4. The maximum absolute atomic E-state index is 13.1. The fourth-order valence-electron chi connectivity index (χ4n) is 7.06. The van der Waals surface area contributed by atoms with Gasteiger partial charge in [0.25, 0.3) is 0 Å². The summed E-state index contributed by atoms with van der Waals surface area (Å²) in [6.07, 6.45) is 7.28. The second kappa shape index (κ2) is 9.59. The molecule has 3 aliphatic carbocycles. The third-order valence-corrected chi connectivity index (χ3v) is 11.3. The number of allylic oxidation sites excluding steroid dienone is 4. The van der Waals surface area contributed by atoms with Gasteiger partial charge >= 0.3 is 17.9 Å². The zero-order valence-corrected chi connectivity index (χ0v) is 22.5. The van der Waals surface area contributed by atoms with Crippen LogP contribution >= 0.6 is 0 Å². The number of esters is 3. The van der Waals surface area contributed by atoms with Crippen molar-refractivity contribution in [1.29, 1.82) is 0 Å². The van der Waals surface area contributed by atoms with Crippen LogP contribution in [-0.4, -0.2) is 54.5 Å². The molecule has 2 aliphatic heterocycles. The number of hydrogen-bond donors (Lipinski definition) is 0. The van der Waals surface area contributed by atoms with E-state index in [-0.39, 0.29) is 30.1 Å². The SMILES string of the molecule is COC(=O)C1C2CC3C(OC(=O)C31)C2OC(=O)COc1ccc([SH+]2=C3C=CC=CC3C(=O)c3ccccc32)cc1. The van der Waals surface area contributed by atoms with Crippen LogP contribution in [0.1, 0.15) is 16.8 Å². The molecule has 9 heteroatoms. The van der Waals surface area contributed by atoms with Crippen LogP contribution in [0.4, 0.5) is 0 Å². The summed E-state index contributed by atoms with van der Waals surface area (Å²) < 4.78 is 21.8. The Hall–Kier alpha value is -3.98. The van der Waals surface area contributed by atoms with Gasteiger partial charge in [0.2, 0.25) is 0 Å². The van der Waals surface area contributed by atoms with Crippen LogP contribution in [0.25, 0.3) is 0 Å². The third kappa shape index (κ3) is 3.78. The molecular formula is C31H27O8S+. The van der Waals surface area contributed by atoms with Crippen LogP contribution in [0.2, 0.25) is 0 Å². The predicted molar refractivity (Wildman–Crippen MR) is 145 cm³/mol. The first kappa shape index (κ1) is 25.0. The van der Waals surface area contributed by atoms with E-state index in [1.807, 2.05) is 66.8 Å². The molecule has 8 unspecified atom stereocenters. The largest absolute Gasteiger partial charge is 0.482 e. The van der Waals surface area contributed by atoms with E-state index in [0.717, 1.165) is 20.2 Å². The van der Waals surface area contributed by atoms with Gasteiger partial charge < -0.3 is 18.9 Å². The van der Waals surface area contributed by atoms with Crippen molar-refractivity contribution in [1.82, 2.24) is 0 Å². The van der Waals surface area contributed by atoms with Crippen molar-refractivity contribution in [2.24, 2.45) is 29.6 Å². The monoisotopic (exact) mass is 559 g/mol. The molecule has 5 aliphatic rings. The zero-order chi connectivity index (χ0) is 27.5. The molecule has 0 radical (unpaired) electrons. The van der Waals surface area contributed by atoms with E-state index in [2.05, 4.69) is 6.08 Å². The first-order valence-corrected chi connectivity index (χ1v) is 14.7. The highest BCUT2D eigenvalue weighted by atomic mass is 32.2. The van der Waals surface area contributed by atoms with Gasteiger partial charge in [0.1, 0.15) is 38.5 Å². The molecule has 2 aromatic carbocycles. The minimum Gasteiger partial charge on any atom is -0.482 e. The Morgan fingerprint density at radius 3 is 2.62 bits per heavy atom. The Morgan fingerprint density at radius 1 is 1.02 bits per heavy atom. The molecule has 2 heterocycles. The Kier molecular flexibility index (Phi) is 6.00. The van der Waals surface area contributed by atoms with E-state index in [4.69, 9.17) is 18.9 Å². The Labute approximate surface area is 232 Å². The second-order valence-electron chi connectivity index (χ2n) is 10.6. The third-order valence-electron chi connectivity index (χ3n) is 8.69. The molecule has 1 saturated heterocycles. The lowest BCUT2D eigenvalue weighted by molar-refractivity contribution is -0.166. The average Bonchev–Trinajstić information content (AvgIpc) is 3.61. The molecule has 204 valence electrons. The number of ketones is 1. The molecular weight excluding hydrogens is 532 g/mol. The number of thiol groups is 1. The number of benzene rings is 2. The number of hydrogen-bond acceptors (Lipinski definition) is 8. The van der Waals surface area contributed by atoms with Gasteiger partial charge in [-0.1, -0.05) is 40.8 Å². The maximum atomic E-state index is 13.1. The van der Waals surface area contributed by atoms with Crippen LogP contribution in [0.3, 0.4) is 0 Å². The predicted octanol–water partition coefficient (Wildman–Crippen LogP) is 2.84. The highest BCUT2D eigenvalue weighted by molar-refractivity contribution is 7.97. The Balaban J connectivity index is 1.05. The molecule has 2 bridgehead atoms. The van der Waals surface area contributed by atoms with Gasteiger partial charge in [0.15, 0.2) is 12.4 Å². The molecule has 0 aromatic heterocycles. The van der Waals surface area contributed by atoms with Crippen LogP contribution in [0.15, 0.2) is 82.6 Å². The first-order chi connectivity index (χ1) is 19.5. The summed E-state index contributed by atoms with van der Waals surface area (Å²) in [6, 6.07) is 15.4. The van der Waals surface area contributed by atoms with Gasteiger partial charge in [-0.2, -0.15) is 0 Å². The van der Waals surface area contributed by atoms with Gasteiger partial charge in [-0.05, 0) is 48.9 Å². The lowest BCUT2D eigenvalue weighted by atomic mass is 9.78. The van der Waals surface area contributed by atoms with E-state index >= 15 is 0 Å². The fraction of sp³-hybridized carbons (Fsp3) is 0.323. The fourth-order valence-corrected chi connectivity index (χ4v) is 9.74. The number of fused-ring (bicyclic) bond motifs is 3. The molecule has 2 saturated carbocycles. The van der Waals surface area contributed by atoms with Crippen molar-refractivity contribution in [2.45, 2.75) is 28.4 Å². The normalized spacial score (nSPS) is 32.4. The van der Waals surface area contributed by atoms with Crippen molar-refractivity contribution in [3.63, 3.8) is 0 Å². The Bertz CT molecular complexity index is 1540. The number of carbonyl (C=O) groups is 4. The van der Waals surface area contributed by atoms with Gasteiger partial charge in [-0.15, -0.1) is 0 Å². The van der Waals surface area contributed by atoms with Gasteiger partial charge in [0, 0.05) is 11.8 Å². The lowest BCUT2D eigenvalue weighted by Crippen LogP contribution is -2.44. The minimum atomic E-state index is -0.900. The smallest absolute Gasteiger partial charge is 0.344 e. The maximum Gasteiger partial charge on any atom is 0.344 e. The number of Topliss-reactive ketones (excluding diaryl/α,β-unsaturated/α-hetero) is 1. The van der Waals surface area contributed by atoms with Gasteiger partial charge in [0.05, 0.1) is 24.5 Å². The zero-order valence-electron chi connectivity index (χ0n) is 21.6. The quantitative estimate of drug-likeness (QED) is 0.175. The molecule has 8 atom stereocenters. The van der Waals surface area contributed by atoms with Crippen molar-refractivity contribution in [3.05, 3.63) is 78.4 Å². The summed E-state index contributed by atoms with van der Waals surface area (Å²) in [5, 5.41) is 0. The molecule has 40 heavy (non-hydrogen) atoms. The molecule has 0 spiro atoms. The van der Waals surface area contributed by atoms with E-state index < -0.39 is 52.4 Å². The molecule has 2 aromatic rings. The standard InChI is InChI=1S/C31H26O8S/c1-36-30(34)25-20-14-21-26(25)31(35)39-29(21)28(20)38-24(32)15-37-16-10-12-17(13-11-16)40-22-8-4-2-6-18(22)27(33)19-7-3-5-9-23(19)40/h2-13,18,20-21,25-26,28-29H,14-15H2,1H3/p+1. The number of rotatable bonds is 6. The van der Waals surface area contributed by atoms with E-state index in [1.165, 1.54) is 7.11 Å². The van der Waals surface area contributed by atoms with Crippen molar-refractivity contribution < 1.29 is 38.1 Å².